The molecule has 0 spiro atoms. The molecule has 1 rings (SSSR count). The van der Waals surface area contributed by atoms with Crippen LogP contribution in [0.4, 0.5) is 0 Å². The van der Waals surface area contributed by atoms with Gasteiger partial charge in [0.25, 0.3) is 0 Å². The lowest BCUT2D eigenvalue weighted by Crippen LogP contribution is -2.45. The molecular weight excluding hydrogens is 186 g/mol. The highest BCUT2D eigenvalue weighted by atomic mass is 16.5. The van der Waals surface area contributed by atoms with Gasteiger partial charge in [0.2, 0.25) is 0 Å². The molecule has 2 heteroatoms. The van der Waals surface area contributed by atoms with E-state index in [9.17, 15) is 0 Å². The third-order valence-electron chi connectivity index (χ3n) is 3.37. The van der Waals surface area contributed by atoms with Crippen molar-refractivity contribution in [3.05, 3.63) is 0 Å². The predicted octanol–water partition coefficient (Wildman–Crippen LogP) is 2.83. The lowest BCUT2D eigenvalue weighted by atomic mass is 10.0. The summed E-state index contributed by atoms with van der Waals surface area (Å²) in [4.78, 5) is 0. The van der Waals surface area contributed by atoms with Crippen LogP contribution in [-0.2, 0) is 4.74 Å². The molecule has 0 aliphatic heterocycles. The highest BCUT2D eigenvalue weighted by Gasteiger charge is 2.31. The smallest absolute Gasteiger partial charge is 0.0622 e. The van der Waals surface area contributed by atoms with Gasteiger partial charge in [-0.15, -0.1) is 0 Å². The second-order valence-electron chi connectivity index (χ2n) is 5.03. The Bertz CT molecular complexity index is 166. The minimum absolute atomic E-state index is 0.524. The minimum Gasteiger partial charge on any atom is -0.380 e. The van der Waals surface area contributed by atoms with E-state index in [1.807, 2.05) is 0 Å². The molecule has 0 aromatic carbocycles. The van der Waals surface area contributed by atoms with E-state index in [2.05, 4.69) is 33.0 Å². The van der Waals surface area contributed by atoms with Crippen molar-refractivity contribution < 1.29 is 4.74 Å². The lowest BCUT2D eigenvalue weighted by molar-refractivity contribution is 0.101. The molecule has 0 amide bonds. The summed E-state index contributed by atoms with van der Waals surface area (Å²) >= 11 is 0. The van der Waals surface area contributed by atoms with Gasteiger partial charge in [0, 0.05) is 18.7 Å². The van der Waals surface area contributed by atoms with Crippen LogP contribution in [0.3, 0.4) is 0 Å². The number of nitrogens with one attached hydrogen (secondary N) is 1. The summed E-state index contributed by atoms with van der Waals surface area (Å²) in [5.41, 5.74) is 0. The quantitative estimate of drug-likeness (QED) is 0.669. The van der Waals surface area contributed by atoms with E-state index in [1.54, 1.807) is 0 Å². The van der Waals surface area contributed by atoms with E-state index >= 15 is 0 Å². The molecule has 1 saturated carbocycles. The maximum Gasteiger partial charge on any atom is 0.0622 e. The molecule has 1 N–H and O–H groups in total. The molecule has 1 fully saturated rings. The summed E-state index contributed by atoms with van der Waals surface area (Å²) in [6, 6.07) is 1.24. The van der Waals surface area contributed by atoms with Crippen molar-refractivity contribution in [2.45, 2.75) is 59.0 Å². The van der Waals surface area contributed by atoms with E-state index in [1.165, 1.54) is 19.3 Å². The number of hydrogen-bond acceptors (Lipinski definition) is 2. The Kier molecular flexibility index (Phi) is 5.62. The average Bonchev–Trinajstić information content (AvgIpc) is 3.01. The first-order chi connectivity index (χ1) is 7.19. The van der Waals surface area contributed by atoms with Gasteiger partial charge < -0.3 is 10.1 Å². The normalized spacial score (nSPS) is 20.6. The molecule has 1 aliphatic rings. The largest absolute Gasteiger partial charge is 0.380 e. The maximum atomic E-state index is 5.54. The fourth-order valence-corrected chi connectivity index (χ4v) is 2.04. The summed E-state index contributed by atoms with van der Waals surface area (Å²) in [5.74, 6) is 1.60. The van der Waals surface area contributed by atoms with Gasteiger partial charge in [-0.3, -0.25) is 0 Å². The van der Waals surface area contributed by atoms with Gasteiger partial charge in [-0.05, 0) is 38.0 Å². The van der Waals surface area contributed by atoms with Crippen molar-refractivity contribution >= 4 is 0 Å². The van der Waals surface area contributed by atoms with Gasteiger partial charge in [-0.2, -0.15) is 0 Å². The Morgan fingerprint density at radius 2 is 1.93 bits per heavy atom. The maximum absolute atomic E-state index is 5.54. The zero-order valence-electron chi connectivity index (χ0n) is 10.8. The van der Waals surface area contributed by atoms with Gasteiger partial charge in [0.05, 0.1) is 6.61 Å². The van der Waals surface area contributed by atoms with Gasteiger partial charge in [-0.1, -0.05) is 20.8 Å². The number of rotatable bonds is 8. The van der Waals surface area contributed by atoms with Crippen molar-refractivity contribution in [3.63, 3.8) is 0 Å². The fraction of sp³-hybridized carbons (Fsp3) is 1.00. The molecule has 0 saturated heterocycles. The van der Waals surface area contributed by atoms with E-state index in [4.69, 9.17) is 4.74 Å². The van der Waals surface area contributed by atoms with Crippen molar-refractivity contribution in [3.8, 4) is 0 Å². The molecule has 2 nitrogen and oxygen atoms in total. The summed E-state index contributed by atoms with van der Waals surface area (Å²) < 4.78 is 5.54. The van der Waals surface area contributed by atoms with Crippen molar-refractivity contribution in [2.24, 2.45) is 11.8 Å². The van der Waals surface area contributed by atoms with Crippen molar-refractivity contribution in [1.82, 2.24) is 5.32 Å². The molecule has 0 aromatic heterocycles. The average molecular weight is 213 g/mol. The Morgan fingerprint density at radius 3 is 2.33 bits per heavy atom. The zero-order chi connectivity index (χ0) is 11.3. The Balaban J connectivity index is 2.33. The highest BCUT2D eigenvalue weighted by Crippen LogP contribution is 2.34. The monoisotopic (exact) mass is 213 g/mol. The van der Waals surface area contributed by atoms with Crippen LogP contribution >= 0.6 is 0 Å². The Hall–Kier alpha value is -0.0800. The van der Waals surface area contributed by atoms with Gasteiger partial charge >= 0.3 is 0 Å². The molecule has 0 aromatic rings. The van der Waals surface area contributed by atoms with Crippen LogP contribution in [0.2, 0.25) is 0 Å². The molecule has 90 valence electrons. The lowest BCUT2D eigenvalue weighted by Gasteiger charge is -2.27. The SMILES string of the molecule is CCOCC(NC(CC)C1CC1)C(C)C. The van der Waals surface area contributed by atoms with E-state index < -0.39 is 0 Å². The number of ether oxygens (including phenoxy) is 1. The van der Waals surface area contributed by atoms with Crippen LogP contribution in [-0.4, -0.2) is 25.3 Å². The standard InChI is InChI=1S/C13H27NO/c1-5-12(11-7-8-11)14-13(10(3)4)9-15-6-2/h10-14H,5-9H2,1-4H3. The molecule has 2 unspecified atom stereocenters. The first kappa shape index (κ1) is 13.0. The molecule has 1 aliphatic carbocycles. The summed E-state index contributed by atoms with van der Waals surface area (Å²) in [5, 5.41) is 3.77. The third kappa shape index (κ3) is 4.52. The molecule has 0 radical (unpaired) electrons. The van der Waals surface area contributed by atoms with Gasteiger partial charge in [0.15, 0.2) is 0 Å². The summed E-state index contributed by atoms with van der Waals surface area (Å²) in [6.45, 7) is 10.6. The minimum atomic E-state index is 0.524. The first-order valence-electron chi connectivity index (χ1n) is 6.52. The topological polar surface area (TPSA) is 21.3 Å². The molecule has 15 heavy (non-hydrogen) atoms. The van der Waals surface area contributed by atoms with Crippen molar-refractivity contribution in [2.75, 3.05) is 13.2 Å². The van der Waals surface area contributed by atoms with Crippen LogP contribution < -0.4 is 5.32 Å². The molecule has 0 bridgehead atoms. The second kappa shape index (κ2) is 6.49. The Labute approximate surface area is 94.8 Å². The summed E-state index contributed by atoms with van der Waals surface area (Å²) in [7, 11) is 0. The fourth-order valence-electron chi connectivity index (χ4n) is 2.04. The second-order valence-corrected chi connectivity index (χ2v) is 5.03. The van der Waals surface area contributed by atoms with Crippen LogP contribution in [0.1, 0.15) is 47.0 Å². The highest BCUT2D eigenvalue weighted by molar-refractivity contribution is 4.88. The third-order valence-corrected chi connectivity index (χ3v) is 3.37. The van der Waals surface area contributed by atoms with Gasteiger partial charge in [0.1, 0.15) is 0 Å². The molecular formula is C13H27NO. The zero-order valence-corrected chi connectivity index (χ0v) is 10.8. The van der Waals surface area contributed by atoms with Crippen LogP contribution in [0, 0.1) is 11.8 Å². The number of hydrogen-bond donors (Lipinski definition) is 1. The van der Waals surface area contributed by atoms with E-state index in [0.717, 1.165) is 25.2 Å². The first-order valence-corrected chi connectivity index (χ1v) is 6.52. The van der Waals surface area contributed by atoms with E-state index in [0.29, 0.717) is 12.0 Å². The summed E-state index contributed by atoms with van der Waals surface area (Å²) in [6.07, 6.45) is 4.09. The Morgan fingerprint density at radius 1 is 1.27 bits per heavy atom. The predicted molar refractivity (Wildman–Crippen MR) is 65.1 cm³/mol. The van der Waals surface area contributed by atoms with Gasteiger partial charge in [-0.25, -0.2) is 0 Å². The molecule has 2 atom stereocenters. The van der Waals surface area contributed by atoms with Crippen LogP contribution in [0.15, 0.2) is 0 Å². The van der Waals surface area contributed by atoms with E-state index in [-0.39, 0.29) is 0 Å². The van der Waals surface area contributed by atoms with Crippen LogP contribution in [0.5, 0.6) is 0 Å². The molecule has 0 heterocycles. The van der Waals surface area contributed by atoms with Crippen molar-refractivity contribution in [1.29, 1.82) is 0 Å². The van der Waals surface area contributed by atoms with Crippen LogP contribution in [0.25, 0.3) is 0 Å².